The summed E-state index contributed by atoms with van der Waals surface area (Å²) < 4.78 is 6.03. The highest BCUT2D eigenvalue weighted by Crippen LogP contribution is 2.34. The van der Waals surface area contributed by atoms with Crippen LogP contribution < -0.4 is 15.8 Å². The smallest absolute Gasteiger partial charge is 0.185 e. The van der Waals surface area contributed by atoms with E-state index in [4.69, 9.17) is 10.5 Å². The predicted molar refractivity (Wildman–Crippen MR) is 87.9 cm³/mol. The molecule has 1 saturated carbocycles. The lowest BCUT2D eigenvalue weighted by Crippen LogP contribution is -2.41. The van der Waals surface area contributed by atoms with Crippen LogP contribution in [0.3, 0.4) is 0 Å². The number of nitrogens with two attached hydrogens (primary N) is 1. The minimum absolute atomic E-state index is 0.371. The molecule has 22 heavy (non-hydrogen) atoms. The fourth-order valence-corrected chi connectivity index (χ4v) is 3.39. The average molecular weight is 298 g/mol. The molecule has 3 N–H and O–H groups in total. The van der Waals surface area contributed by atoms with Gasteiger partial charge in [0.2, 0.25) is 0 Å². The molecule has 1 aliphatic carbocycles. The zero-order valence-corrected chi connectivity index (χ0v) is 12.9. The lowest BCUT2D eigenvalue weighted by Gasteiger charge is -2.37. The van der Waals surface area contributed by atoms with Gasteiger partial charge in [-0.05, 0) is 50.3 Å². The number of hydrogen-bond donors (Lipinski definition) is 2. The maximum atomic E-state index is 6.03. The molecule has 0 aromatic heterocycles. The molecule has 0 radical (unpaired) electrons. The number of hydrogen-bond acceptors (Lipinski definition) is 5. The first-order chi connectivity index (χ1) is 10.7. The zero-order valence-electron chi connectivity index (χ0n) is 12.9. The number of nitrogens with zero attached hydrogens (tertiary/aromatic N) is 2. The second-order valence-corrected chi connectivity index (χ2v) is 6.45. The Morgan fingerprint density at radius 3 is 2.91 bits per heavy atom. The summed E-state index contributed by atoms with van der Waals surface area (Å²) in [6.45, 7) is 2.77. The largest absolute Gasteiger partial charge is 0.450 e. The van der Waals surface area contributed by atoms with Gasteiger partial charge in [0.15, 0.2) is 17.3 Å². The number of amidine groups is 1. The van der Waals surface area contributed by atoms with E-state index in [1.54, 1.807) is 0 Å². The number of aryl methyl sites for hydroxylation is 1. The molecule has 5 heteroatoms. The van der Waals surface area contributed by atoms with Crippen molar-refractivity contribution in [3.05, 3.63) is 35.7 Å². The summed E-state index contributed by atoms with van der Waals surface area (Å²) in [7, 11) is 0. The van der Waals surface area contributed by atoms with Crippen molar-refractivity contribution in [3.8, 4) is 5.75 Å². The molecule has 1 fully saturated rings. The van der Waals surface area contributed by atoms with Gasteiger partial charge in [-0.3, -0.25) is 0 Å². The third kappa shape index (κ3) is 2.46. The highest BCUT2D eigenvalue weighted by molar-refractivity contribution is 6.09. The number of fused-ring (bicyclic) bond motifs is 2. The van der Waals surface area contributed by atoms with Gasteiger partial charge in [0, 0.05) is 18.3 Å². The standard InChI is InChI=1S/C17H22N4O/c1-11-2-7-15-14(8-11)20-17-16(22-15)9-21(10-19-17)13-5-3-12(18)4-6-13/h2,7-9,12-13H,3-6,10,18H2,1H3,(H,19,20). The predicted octanol–water partition coefficient (Wildman–Crippen LogP) is 2.58. The summed E-state index contributed by atoms with van der Waals surface area (Å²) in [6, 6.07) is 7.06. The number of anilines is 1. The second-order valence-electron chi connectivity index (χ2n) is 6.45. The van der Waals surface area contributed by atoms with Gasteiger partial charge in [0.25, 0.3) is 0 Å². The van der Waals surface area contributed by atoms with Crippen LogP contribution in [0.4, 0.5) is 5.69 Å². The van der Waals surface area contributed by atoms with Crippen molar-refractivity contribution < 1.29 is 4.74 Å². The number of ether oxygens (including phenoxy) is 1. The quantitative estimate of drug-likeness (QED) is 0.836. The Hall–Kier alpha value is -2.01. The van der Waals surface area contributed by atoms with Crippen molar-refractivity contribution in [2.75, 3.05) is 12.0 Å². The summed E-state index contributed by atoms with van der Waals surface area (Å²) in [5, 5.41) is 3.38. The molecule has 4 rings (SSSR count). The third-order valence-electron chi connectivity index (χ3n) is 4.73. The van der Waals surface area contributed by atoms with Crippen LogP contribution in [0.5, 0.6) is 5.75 Å². The minimum Gasteiger partial charge on any atom is -0.450 e. The van der Waals surface area contributed by atoms with Gasteiger partial charge in [0.1, 0.15) is 6.67 Å². The summed E-state index contributed by atoms with van der Waals surface area (Å²) in [5.74, 6) is 2.52. The summed E-state index contributed by atoms with van der Waals surface area (Å²) >= 11 is 0. The molecule has 3 aliphatic rings. The van der Waals surface area contributed by atoms with Crippen LogP contribution in [-0.2, 0) is 0 Å². The highest BCUT2D eigenvalue weighted by atomic mass is 16.5. The first-order valence-electron chi connectivity index (χ1n) is 8.02. The minimum atomic E-state index is 0.371. The van der Waals surface area contributed by atoms with E-state index in [2.05, 4.69) is 40.5 Å². The maximum absolute atomic E-state index is 6.03. The van der Waals surface area contributed by atoms with Crippen LogP contribution in [-0.4, -0.2) is 29.5 Å². The number of benzene rings is 1. The van der Waals surface area contributed by atoms with Crippen molar-refractivity contribution >= 4 is 11.5 Å². The van der Waals surface area contributed by atoms with E-state index in [-0.39, 0.29) is 0 Å². The summed E-state index contributed by atoms with van der Waals surface area (Å²) in [6.07, 6.45) is 6.59. The van der Waals surface area contributed by atoms with E-state index in [1.165, 1.54) is 5.56 Å². The Balaban J connectivity index is 1.55. The normalized spacial score (nSPS) is 26.9. The Labute approximate surface area is 130 Å². The molecule has 116 valence electrons. The maximum Gasteiger partial charge on any atom is 0.185 e. The van der Waals surface area contributed by atoms with E-state index >= 15 is 0 Å². The molecule has 0 atom stereocenters. The molecular formula is C17H22N4O. The Bertz CT molecular complexity index is 644. The molecule has 0 unspecified atom stereocenters. The van der Waals surface area contributed by atoms with Crippen LogP contribution in [0.2, 0.25) is 0 Å². The molecule has 5 nitrogen and oxygen atoms in total. The van der Waals surface area contributed by atoms with Gasteiger partial charge >= 0.3 is 0 Å². The molecule has 0 bridgehead atoms. The van der Waals surface area contributed by atoms with Crippen molar-refractivity contribution in [1.29, 1.82) is 0 Å². The van der Waals surface area contributed by atoms with Gasteiger partial charge in [-0.2, -0.15) is 0 Å². The highest BCUT2D eigenvalue weighted by Gasteiger charge is 2.28. The van der Waals surface area contributed by atoms with Crippen LogP contribution in [0.1, 0.15) is 31.2 Å². The molecule has 1 aromatic carbocycles. The average Bonchev–Trinajstić information content (AvgIpc) is 2.53. The van der Waals surface area contributed by atoms with Crippen molar-refractivity contribution in [2.24, 2.45) is 10.7 Å². The molecular weight excluding hydrogens is 276 g/mol. The first-order valence-corrected chi connectivity index (χ1v) is 8.02. The third-order valence-corrected chi connectivity index (χ3v) is 4.73. The topological polar surface area (TPSA) is 62.9 Å². The van der Waals surface area contributed by atoms with Gasteiger partial charge in [-0.25, -0.2) is 4.99 Å². The number of aliphatic imine (C=N–C) groups is 1. The van der Waals surface area contributed by atoms with E-state index < -0.39 is 0 Å². The van der Waals surface area contributed by atoms with Crippen LogP contribution in [0.25, 0.3) is 0 Å². The molecule has 2 aliphatic heterocycles. The van der Waals surface area contributed by atoms with Crippen LogP contribution in [0, 0.1) is 6.92 Å². The summed E-state index contributed by atoms with van der Waals surface area (Å²) in [5.41, 5.74) is 8.20. The Morgan fingerprint density at radius 2 is 2.09 bits per heavy atom. The van der Waals surface area contributed by atoms with E-state index in [9.17, 15) is 0 Å². The lowest BCUT2D eigenvalue weighted by atomic mass is 9.91. The van der Waals surface area contributed by atoms with E-state index in [0.717, 1.165) is 48.7 Å². The summed E-state index contributed by atoms with van der Waals surface area (Å²) in [4.78, 5) is 6.96. The molecule has 0 amide bonds. The zero-order chi connectivity index (χ0) is 15.1. The van der Waals surface area contributed by atoms with Crippen molar-refractivity contribution in [3.63, 3.8) is 0 Å². The lowest BCUT2D eigenvalue weighted by molar-refractivity contribution is 0.203. The fourth-order valence-electron chi connectivity index (χ4n) is 3.39. The van der Waals surface area contributed by atoms with Gasteiger partial charge in [0.05, 0.1) is 5.69 Å². The van der Waals surface area contributed by atoms with E-state index in [1.807, 2.05) is 6.07 Å². The second kappa shape index (κ2) is 5.32. The Kier molecular flexibility index (Phi) is 3.30. The number of rotatable bonds is 1. The SMILES string of the molecule is Cc1ccc2c(c1)NC1=NCN(C3CCC(N)CC3)C=C1O2. The molecule has 2 heterocycles. The fraction of sp³-hybridized carbons (Fsp3) is 0.471. The Morgan fingerprint density at radius 1 is 1.27 bits per heavy atom. The molecule has 0 spiro atoms. The monoisotopic (exact) mass is 298 g/mol. The van der Waals surface area contributed by atoms with Crippen molar-refractivity contribution in [2.45, 2.75) is 44.7 Å². The van der Waals surface area contributed by atoms with Crippen LogP contribution >= 0.6 is 0 Å². The first kappa shape index (κ1) is 13.6. The number of nitrogens with one attached hydrogen (secondary N) is 1. The molecule has 0 saturated heterocycles. The van der Waals surface area contributed by atoms with Crippen molar-refractivity contribution in [1.82, 2.24) is 4.90 Å². The van der Waals surface area contributed by atoms with Gasteiger partial charge < -0.3 is 20.7 Å². The molecule has 1 aromatic rings. The van der Waals surface area contributed by atoms with E-state index in [0.29, 0.717) is 18.8 Å². The van der Waals surface area contributed by atoms with Crippen LogP contribution in [0.15, 0.2) is 35.2 Å². The van der Waals surface area contributed by atoms with Gasteiger partial charge in [-0.15, -0.1) is 0 Å². The van der Waals surface area contributed by atoms with Gasteiger partial charge in [-0.1, -0.05) is 6.07 Å².